The predicted molar refractivity (Wildman–Crippen MR) is 80.5 cm³/mol. The van der Waals surface area contributed by atoms with Crippen LogP contribution in [-0.4, -0.2) is 63.0 Å². The van der Waals surface area contributed by atoms with Crippen LogP contribution in [0.25, 0.3) is 0 Å². The fraction of sp³-hybridized carbons (Fsp3) is 0.500. The summed E-state index contributed by atoms with van der Waals surface area (Å²) in [5.74, 6) is 0.573. The Balaban J connectivity index is 1.74. The minimum absolute atomic E-state index is 0.321. The average molecular weight is 287 g/mol. The summed E-state index contributed by atoms with van der Waals surface area (Å²) >= 11 is 0. The average Bonchev–Trinajstić information content (AvgIpc) is 3.06. The summed E-state index contributed by atoms with van der Waals surface area (Å²) in [6, 6.07) is 4.70. The summed E-state index contributed by atoms with van der Waals surface area (Å²) in [5.41, 5.74) is 6.95. The van der Waals surface area contributed by atoms with Gasteiger partial charge in [0.2, 0.25) is 0 Å². The Morgan fingerprint density at radius 3 is 2.86 bits per heavy atom. The SMILES string of the molecule is CN(C)[C@@H]1CN(Cc2ccnc(N)c2)C[C@@H]1n1ccnn1. The van der Waals surface area contributed by atoms with Gasteiger partial charge in [0.05, 0.1) is 12.2 Å². The van der Waals surface area contributed by atoms with Crippen molar-refractivity contribution in [3.63, 3.8) is 0 Å². The summed E-state index contributed by atoms with van der Waals surface area (Å²) in [5, 5.41) is 8.10. The molecule has 3 heterocycles. The molecule has 1 aliphatic rings. The van der Waals surface area contributed by atoms with Crippen molar-refractivity contribution in [3.05, 3.63) is 36.3 Å². The highest BCUT2D eigenvalue weighted by Gasteiger charge is 2.35. The highest BCUT2D eigenvalue weighted by molar-refractivity contribution is 5.31. The number of nitrogens with zero attached hydrogens (tertiary/aromatic N) is 6. The fourth-order valence-corrected chi connectivity index (χ4v) is 2.99. The van der Waals surface area contributed by atoms with Crippen molar-refractivity contribution in [1.82, 2.24) is 29.8 Å². The van der Waals surface area contributed by atoms with Crippen molar-refractivity contribution >= 4 is 5.82 Å². The highest BCUT2D eigenvalue weighted by Crippen LogP contribution is 2.25. The fourth-order valence-electron chi connectivity index (χ4n) is 2.99. The lowest BCUT2D eigenvalue weighted by molar-refractivity contribution is 0.237. The molecular weight excluding hydrogens is 266 g/mol. The summed E-state index contributed by atoms with van der Waals surface area (Å²) in [4.78, 5) is 8.72. The molecule has 3 rings (SSSR count). The molecule has 1 fully saturated rings. The van der Waals surface area contributed by atoms with Crippen molar-refractivity contribution in [2.75, 3.05) is 32.9 Å². The minimum atomic E-state index is 0.321. The van der Waals surface area contributed by atoms with Crippen LogP contribution in [0.4, 0.5) is 5.82 Å². The van der Waals surface area contributed by atoms with Gasteiger partial charge in [-0.25, -0.2) is 9.67 Å². The van der Waals surface area contributed by atoms with Gasteiger partial charge in [-0.2, -0.15) is 0 Å². The van der Waals surface area contributed by atoms with E-state index in [0.29, 0.717) is 17.9 Å². The number of aromatic nitrogens is 4. The summed E-state index contributed by atoms with van der Waals surface area (Å²) in [6.45, 7) is 2.83. The third-order valence-electron chi connectivity index (χ3n) is 4.03. The molecule has 112 valence electrons. The Hall–Kier alpha value is -1.99. The first-order chi connectivity index (χ1) is 10.1. The molecule has 2 aromatic heterocycles. The van der Waals surface area contributed by atoms with Crippen LogP contribution in [0.3, 0.4) is 0 Å². The summed E-state index contributed by atoms with van der Waals surface area (Å²) in [6.07, 6.45) is 5.44. The van der Waals surface area contributed by atoms with Crippen molar-refractivity contribution in [2.45, 2.75) is 18.6 Å². The summed E-state index contributed by atoms with van der Waals surface area (Å²) < 4.78 is 1.96. The monoisotopic (exact) mass is 287 g/mol. The van der Waals surface area contributed by atoms with Crippen LogP contribution in [0, 0.1) is 0 Å². The third-order valence-corrected chi connectivity index (χ3v) is 4.03. The van der Waals surface area contributed by atoms with Gasteiger partial charge < -0.3 is 10.6 Å². The molecule has 7 nitrogen and oxygen atoms in total. The first-order valence-corrected chi connectivity index (χ1v) is 7.08. The van der Waals surface area contributed by atoms with Crippen molar-refractivity contribution in [3.8, 4) is 0 Å². The third kappa shape index (κ3) is 3.03. The van der Waals surface area contributed by atoms with E-state index >= 15 is 0 Å². The van der Waals surface area contributed by atoms with E-state index in [1.807, 2.05) is 23.0 Å². The van der Waals surface area contributed by atoms with Gasteiger partial charge in [0.15, 0.2) is 0 Å². The van der Waals surface area contributed by atoms with Gasteiger partial charge in [-0.15, -0.1) is 5.10 Å². The Bertz CT molecular complexity index is 581. The molecule has 1 saturated heterocycles. The number of likely N-dealkylation sites (tertiary alicyclic amines) is 1. The van der Waals surface area contributed by atoms with Gasteiger partial charge in [0.1, 0.15) is 5.82 Å². The van der Waals surface area contributed by atoms with Crippen molar-refractivity contribution in [1.29, 1.82) is 0 Å². The Kier molecular flexibility index (Phi) is 3.85. The van der Waals surface area contributed by atoms with Gasteiger partial charge in [0, 0.05) is 38.1 Å². The van der Waals surface area contributed by atoms with E-state index in [1.165, 1.54) is 5.56 Å². The molecule has 0 aliphatic carbocycles. The first-order valence-electron chi connectivity index (χ1n) is 7.08. The second kappa shape index (κ2) is 5.79. The minimum Gasteiger partial charge on any atom is -0.384 e. The predicted octanol–water partition coefficient (Wildman–Crippen LogP) is 0.242. The van der Waals surface area contributed by atoms with Gasteiger partial charge in [-0.1, -0.05) is 5.21 Å². The van der Waals surface area contributed by atoms with Crippen LogP contribution in [0.15, 0.2) is 30.7 Å². The first kappa shape index (κ1) is 14.0. The van der Waals surface area contributed by atoms with Crippen molar-refractivity contribution in [2.24, 2.45) is 0 Å². The standard InChI is InChI=1S/C14H21N7/c1-19(2)12-9-20(8-11-3-4-16-14(15)7-11)10-13(12)21-6-5-17-18-21/h3-7,12-13H,8-10H2,1-2H3,(H2,15,16)/t12-,13+/m1/s1. The molecule has 0 amide bonds. The van der Waals surface area contributed by atoms with Gasteiger partial charge in [-0.05, 0) is 31.8 Å². The maximum absolute atomic E-state index is 5.75. The van der Waals surface area contributed by atoms with Gasteiger partial charge in [-0.3, -0.25) is 4.90 Å². The Morgan fingerprint density at radius 1 is 1.33 bits per heavy atom. The molecule has 1 aliphatic heterocycles. The maximum atomic E-state index is 5.75. The number of hydrogen-bond donors (Lipinski definition) is 1. The van der Waals surface area contributed by atoms with E-state index in [4.69, 9.17) is 5.73 Å². The van der Waals surface area contributed by atoms with Crippen LogP contribution in [0.5, 0.6) is 0 Å². The molecule has 21 heavy (non-hydrogen) atoms. The zero-order chi connectivity index (χ0) is 14.8. The normalized spacial score (nSPS) is 23.0. The molecule has 0 saturated carbocycles. The quantitative estimate of drug-likeness (QED) is 0.868. The molecule has 2 aromatic rings. The second-order valence-corrected chi connectivity index (χ2v) is 5.76. The molecule has 0 unspecified atom stereocenters. The molecule has 0 radical (unpaired) electrons. The molecule has 0 spiro atoms. The van der Waals surface area contributed by atoms with E-state index in [1.54, 1.807) is 12.4 Å². The zero-order valence-electron chi connectivity index (χ0n) is 12.4. The zero-order valence-corrected chi connectivity index (χ0v) is 12.4. The van der Waals surface area contributed by atoms with E-state index in [-0.39, 0.29) is 0 Å². The second-order valence-electron chi connectivity index (χ2n) is 5.76. The van der Waals surface area contributed by atoms with Crippen LogP contribution in [-0.2, 0) is 6.54 Å². The molecule has 2 N–H and O–H groups in total. The molecular formula is C14H21N7. The van der Waals surface area contributed by atoms with Crippen LogP contribution >= 0.6 is 0 Å². The number of nitrogens with two attached hydrogens (primary N) is 1. The van der Waals surface area contributed by atoms with E-state index in [2.05, 4.69) is 39.2 Å². The molecule has 2 atom stereocenters. The topological polar surface area (TPSA) is 76.1 Å². The lowest BCUT2D eigenvalue weighted by Crippen LogP contribution is -2.36. The van der Waals surface area contributed by atoms with E-state index in [0.717, 1.165) is 19.6 Å². The van der Waals surface area contributed by atoms with Crippen LogP contribution in [0.2, 0.25) is 0 Å². The van der Waals surface area contributed by atoms with E-state index < -0.39 is 0 Å². The van der Waals surface area contributed by atoms with Crippen LogP contribution < -0.4 is 5.73 Å². The number of hydrogen-bond acceptors (Lipinski definition) is 6. The summed E-state index contributed by atoms with van der Waals surface area (Å²) in [7, 11) is 4.23. The number of anilines is 1. The maximum Gasteiger partial charge on any atom is 0.123 e. The van der Waals surface area contributed by atoms with Gasteiger partial charge in [0.25, 0.3) is 0 Å². The molecule has 7 heteroatoms. The molecule has 0 aromatic carbocycles. The number of nitrogen functional groups attached to an aromatic ring is 1. The lowest BCUT2D eigenvalue weighted by atomic mass is 10.1. The highest BCUT2D eigenvalue weighted by atomic mass is 15.5. The van der Waals surface area contributed by atoms with Crippen LogP contribution in [0.1, 0.15) is 11.6 Å². The number of rotatable bonds is 4. The molecule has 0 bridgehead atoms. The smallest absolute Gasteiger partial charge is 0.123 e. The lowest BCUT2D eigenvalue weighted by Gasteiger charge is -2.24. The Labute approximate surface area is 124 Å². The largest absolute Gasteiger partial charge is 0.384 e. The van der Waals surface area contributed by atoms with Crippen molar-refractivity contribution < 1.29 is 0 Å². The van der Waals surface area contributed by atoms with Gasteiger partial charge >= 0.3 is 0 Å². The number of pyridine rings is 1. The number of likely N-dealkylation sites (N-methyl/N-ethyl adjacent to an activating group) is 1. The Morgan fingerprint density at radius 2 is 2.19 bits per heavy atom. The van der Waals surface area contributed by atoms with E-state index in [9.17, 15) is 0 Å².